The lowest BCUT2D eigenvalue weighted by atomic mass is 9.85. The summed E-state index contributed by atoms with van der Waals surface area (Å²) >= 11 is 0. The largest absolute Gasteiger partial charge is 0.385 e. The van der Waals surface area contributed by atoms with Crippen LogP contribution in [-0.4, -0.2) is 6.54 Å². The van der Waals surface area contributed by atoms with Crippen molar-refractivity contribution in [1.82, 2.24) is 0 Å². The van der Waals surface area contributed by atoms with Crippen LogP contribution in [0.2, 0.25) is 0 Å². The SMILES string of the molecule is CC(C)(C)c1ccccc1NCC1CCCCCC1. The summed E-state index contributed by atoms with van der Waals surface area (Å²) in [6.07, 6.45) is 8.54. The van der Waals surface area contributed by atoms with Crippen LogP contribution >= 0.6 is 0 Å². The smallest absolute Gasteiger partial charge is 0.0378 e. The maximum atomic E-state index is 3.72. The Bertz CT molecular complexity index is 381. The number of rotatable bonds is 3. The zero-order chi connectivity index (χ0) is 13.7. The number of benzene rings is 1. The van der Waals surface area contributed by atoms with Crippen molar-refractivity contribution in [2.45, 2.75) is 64.7 Å². The van der Waals surface area contributed by atoms with E-state index in [1.807, 2.05) is 0 Å². The van der Waals surface area contributed by atoms with Crippen LogP contribution in [0.4, 0.5) is 5.69 Å². The van der Waals surface area contributed by atoms with Gasteiger partial charge in [0.2, 0.25) is 0 Å². The normalized spacial score (nSPS) is 18.1. The summed E-state index contributed by atoms with van der Waals surface area (Å²) in [5.74, 6) is 0.871. The van der Waals surface area contributed by atoms with Crippen LogP contribution in [-0.2, 0) is 5.41 Å². The molecular formula is C18H29N. The Morgan fingerprint density at radius 1 is 1.00 bits per heavy atom. The molecule has 106 valence electrons. The van der Waals surface area contributed by atoms with E-state index in [4.69, 9.17) is 0 Å². The Kier molecular flexibility index (Phi) is 4.90. The lowest BCUT2D eigenvalue weighted by Gasteiger charge is -2.25. The van der Waals surface area contributed by atoms with Gasteiger partial charge in [-0.15, -0.1) is 0 Å². The number of hydrogen-bond donors (Lipinski definition) is 1. The summed E-state index contributed by atoms with van der Waals surface area (Å²) in [6, 6.07) is 8.79. The third-order valence-corrected chi connectivity index (χ3v) is 4.29. The third kappa shape index (κ3) is 4.26. The number of anilines is 1. The molecule has 0 spiro atoms. The van der Waals surface area contributed by atoms with Crippen molar-refractivity contribution in [3.63, 3.8) is 0 Å². The Labute approximate surface area is 118 Å². The molecule has 19 heavy (non-hydrogen) atoms. The van der Waals surface area contributed by atoms with Crippen molar-refractivity contribution >= 4 is 5.69 Å². The van der Waals surface area contributed by atoms with Crippen LogP contribution in [0.5, 0.6) is 0 Å². The standard InChI is InChI=1S/C18H29N/c1-18(2,3)16-12-8-9-13-17(16)19-14-15-10-6-4-5-7-11-15/h8-9,12-13,15,19H,4-7,10-11,14H2,1-3H3. The molecule has 1 heteroatoms. The van der Waals surface area contributed by atoms with Gasteiger partial charge in [0.15, 0.2) is 0 Å². The zero-order valence-electron chi connectivity index (χ0n) is 12.8. The molecule has 1 aromatic carbocycles. The lowest BCUT2D eigenvalue weighted by Crippen LogP contribution is -2.18. The number of nitrogens with one attached hydrogen (secondary N) is 1. The third-order valence-electron chi connectivity index (χ3n) is 4.29. The van der Waals surface area contributed by atoms with Crippen LogP contribution in [0.15, 0.2) is 24.3 Å². The molecule has 1 N–H and O–H groups in total. The van der Waals surface area contributed by atoms with E-state index in [1.54, 1.807) is 0 Å². The first kappa shape index (κ1) is 14.4. The molecule has 0 aromatic heterocycles. The summed E-state index contributed by atoms with van der Waals surface area (Å²) in [7, 11) is 0. The quantitative estimate of drug-likeness (QED) is 0.720. The molecule has 0 saturated heterocycles. The highest BCUT2D eigenvalue weighted by atomic mass is 14.9. The van der Waals surface area contributed by atoms with Crippen molar-refractivity contribution < 1.29 is 0 Å². The Morgan fingerprint density at radius 2 is 1.63 bits per heavy atom. The minimum absolute atomic E-state index is 0.215. The van der Waals surface area contributed by atoms with Gasteiger partial charge >= 0.3 is 0 Å². The van der Waals surface area contributed by atoms with Crippen molar-refractivity contribution in [3.8, 4) is 0 Å². The average Bonchev–Trinajstić information content (AvgIpc) is 2.64. The van der Waals surface area contributed by atoms with E-state index in [0.29, 0.717) is 0 Å². The molecule has 0 radical (unpaired) electrons. The van der Waals surface area contributed by atoms with E-state index >= 15 is 0 Å². The highest BCUT2D eigenvalue weighted by Crippen LogP contribution is 2.30. The summed E-state index contributed by atoms with van der Waals surface area (Å²) in [4.78, 5) is 0. The second kappa shape index (κ2) is 6.45. The predicted molar refractivity (Wildman–Crippen MR) is 84.8 cm³/mol. The molecule has 1 aliphatic rings. The molecule has 1 saturated carbocycles. The van der Waals surface area contributed by atoms with Gasteiger partial charge in [-0.25, -0.2) is 0 Å². The molecule has 0 atom stereocenters. The summed E-state index contributed by atoms with van der Waals surface area (Å²) < 4.78 is 0. The lowest BCUT2D eigenvalue weighted by molar-refractivity contribution is 0.482. The molecular weight excluding hydrogens is 230 g/mol. The monoisotopic (exact) mass is 259 g/mol. The fourth-order valence-electron chi connectivity index (χ4n) is 3.11. The Hall–Kier alpha value is -0.980. The van der Waals surface area contributed by atoms with Crippen molar-refractivity contribution in [1.29, 1.82) is 0 Å². The molecule has 0 bridgehead atoms. The van der Waals surface area contributed by atoms with Gasteiger partial charge in [0.1, 0.15) is 0 Å². The van der Waals surface area contributed by atoms with Gasteiger partial charge < -0.3 is 5.32 Å². The highest BCUT2D eigenvalue weighted by Gasteiger charge is 2.18. The van der Waals surface area contributed by atoms with Crippen LogP contribution in [0.25, 0.3) is 0 Å². The van der Waals surface area contributed by atoms with Crippen LogP contribution in [0.1, 0.15) is 64.9 Å². The average molecular weight is 259 g/mol. The number of para-hydroxylation sites is 1. The van der Waals surface area contributed by atoms with Gasteiger partial charge in [-0.2, -0.15) is 0 Å². The van der Waals surface area contributed by atoms with E-state index in [-0.39, 0.29) is 5.41 Å². The first-order valence-electron chi connectivity index (χ1n) is 7.91. The van der Waals surface area contributed by atoms with Crippen LogP contribution in [0.3, 0.4) is 0 Å². The molecule has 1 aliphatic carbocycles. The summed E-state index contributed by atoms with van der Waals surface area (Å²) in [5.41, 5.74) is 2.98. The van der Waals surface area contributed by atoms with Crippen LogP contribution < -0.4 is 5.32 Å². The summed E-state index contributed by atoms with van der Waals surface area (Å²) in [6.45, 7) is 8.02. The van der Waals surface area contributed by atoms with E-state index in [9.17, 15) is 0 Å². The molecule has 0 unspecified atom stereocenters. The minimum Gasteiger partial charge on any atom is -0.385 e. The van der Waals surface area contributed by atoms with Gasteiger partial charge in [-0.05, 0) is 35.8 Å². The fourth-order valence-corrected chi connectivity index (χ4v) is 3.11. The maximum Gasteiger partial charge on any atom is 0.0378 e. The van der Waals surface area contributed by atoms with Gasteiger partial charge in [-0.1, -0.05) is 64.7 Å². The first-order valence-corrected chi connectivity index (χ1v) is 7.91. The van der Waals surface area contributed by atoms with E-state index in [0.717, 1.165) is 12.5 Å². The summed E-state index contributed by atoms with van der Waals surface area (Å²) in [5, 5.41) is 3.72. The molecule has 0 aliphatic heterocycles. The van der Waals surface area contributed by atoms with E-state index in [2.05, 4.69) is 50.4 Å². The topological polar surface area (TPSA) is 12.0 Å². The van der Waals surface area contributed by atoms with Crippen molar-refractivity contribution in [2.75, 3.05) is 11.9 Å². The van der Waals surface area contributed by atoms with Gasteiger partial charge in [-0.3, -0.25) is 0 Å². The fraction of sp³-hybridized carbons (Fsp3) is 0.667. The van der Waals surface area contributed by atoms with Gasteiger partial charge in [0.05, 0.1) is 0 Å². The van der Waals surface area contributed by atoms with Crippen LogP contribution in [0, 0.1) is 5.92 Å². The minimum atomic E-state index is 0.215. The highest BCUT2D eigenvalue weighted by molar-refractivity contribution is 5.54. The second-order valence-corrected chi connectivity index (χ2v) is 7.03. The predicted octanol–water partition coefficient (Wildman–Crippen LogP) is 5.37. The van der Waals surface area contributed by atoms with E-state index in [1.165, 1.54) is 49.8 Å². The second-order valence-electron chi connectivity index (χ2n) is 7.03. The maximum absolute atomic E-state index is 3.72. The van der Waals surface area contributed by atoms with Gasteiger partial charge in [0, 0.05) is 12.2 Å². The van der Waals surface area contributed by atoms with Crippen molar-refractivity contribution in [2.24, 2.45) is 5.92 Å². The molecule has 1 fully saturated rings. The molecule has 1 nitrogen and oxygen atoms in total. The molecule has 0 amide bonds. The Balaban J connectivity index is 1.99. The molecule has 1 aromatic rings. The van der Waals surface area contributed by atoms with E-state index < -0.39 is 0 Å². The van der Waals surface area contributed by atoms with Gasteiger partial charge in [0.25, 0.3) is 0 Å². The number of hydrogen-bond acceptors (Lipinski definition) is 1. The molecule has 2 rings (SSSR count). The molecule has 0 heterocycles. The Morgan fingerprint density at radius 3 is 2.26 bits per heavy atom. The zero-order valence-corrected chi connectivity index (χ0v) is 12.8. The first-order chi connectivity index (χ1) is 9.07. The van der Waals surface area contributed by atoms with Crippen molar-refractivity contribution in [3.05, 3.63) is 29.8 Å².